The first-order valence-corrected chi connectivity index (χ1v) is 16.6. The SMILES string of the molecule is Cc1cc(Oc2ccccc2)ccc1N1C(=O)Nc2c(C(=O)NC3CCCN(C(=O)C(C#N)=CC4(NC(=O)O)CC4)C3)sc3nccc1c23. The number of benzene rings is 2. The number of nitriles is 1. The number of thiophene rings is 1. The number of likely N-dealkylation sites (tertiary alicyclic amines) is 1. The largest absolute Gasteiger partial charge is 0.465 e. The van der Waals surface area contributed by atoms with E-state index in [0.29, 0.717) is 75.9 Å². The summed E-state index contributed by atoms with van der Waals surface area (Å²) in [6.45, 7) is 2.47. The number of nitrogens with zero attached hydrogens (tertiary/aromatic N) is 4. The highest BCUT2D eigenvalue weighted by Gasteiger charge is 2.44. The third-order valence-electron chi connectivity index (χ3n) is 8.80. The second-order valence-electron chi connectivity index (χ2n) is 12.3. The third-order valence-corrected chi connectivity index (χ3v) is 9.90. The van der Waals surface area contributed by atoms with E-state index in [1.807, 2.05) is 55.5 Å². The molecule has 0 radical (unpaired) electrons. The van der Waals surface area contributed by atoms with E-state index in [1.165, 1.54) is 22.3 Å². The maximum Gasteiger partial charge on any atom is 0.405 e. The number of para-hydroxylation sites is 1. The lowest BCUT2D eigenvalue weighted by Gasteiger charge is -2.33. The van der Waals surface area contributed by atoms with Crippen molar-refractivity contribution in [3.05, 3.63) is 82.9 Å². The Kier molecular flexibility index (Phi) is 8.13. The van der Waals surface area contributed by atoms with Gasteiger partial charge in [0, 0.05) is 25.3 Å². The molecule has 0 spiro atoms. The minimum absolute atomic E-state index is 0.133. The molecule has 7 rings (SSSR count). The fourth-order valence-corrected chi connectivity index (χ4v) is 7.34. The number of urea groups is 1. The summed E-state index contributed by atoms with van der Waals surface area (Å²) in [5, 5.41) is 27.8. The van der Waals surface area contributed by atoms with Crippen LogP contribution in [0.5, 0.6) is 11.5 Å². The molecule has 1 saturated heterocycles. The summed E-state index contributed by atoms with van der Waals surface area (Å²) in [6, 6.07) is 17.7. The van der Waals surface area contributed by atoms with Crippen LogP contribution in [0.15, 0.2) is 72.4 Å². The van der Waals surface area contributed by atoms with Gasteiger partial charge in [0.1, 0.15) is 32.8 Å². The molecule has 13 nitrogen and oxygen atoms in total. The molecule has 4 heterocycles. The molecule has 49 heavy (non-hydrogen) atoms. The van der Waals surface area contributed by atoms with Gasteiger partial charge < -0.3 is 30.7 Å². The van der Waals surface area contributed by atoms with E-state index in [9.17, 15) is 24.4 Å². The van der Waals surface area contributed by atoms with Crippen LogP contribution in [-0.2, 0) is 4.79 Å². The van der Waals surface area contributed by atoms with Gasteiger partial charge in [0.05, 0.1) is 28.0 Å². The molecule has 1 saturated carbocycles. The standard InChI is InChI=1S/C35H31N7O6S/c1-20-16-24(48-23-7-3-2-4-8-23)9-10-25(20)42-26-11-14-37-31-27(26)28(39-33(42)45)29(49-31)30(43)38-22-6-5-15-41(19-22)32(44)21(18-36)17-35(12-13-35)40-34(46)47/h2-4,7-11,14,16-17,22,40H,5-6,12-13,15,19H2,1H3,(H,38,43)(H,39,45)(H,46,47). The van der Waals surface area contributed by atoms with E-state index in [1.54, 1.807) is 23.2 Å². The molecule has 1 aliphatic carbocycles. The Morgan fingerprint density at radius 2 is 1.94 bits per heavy atom. The van der Waals surface area contributed by atoms with Crippen LogP contribution in [0.3, 0.4) is 0 Å². The Morgan fingerprint density at radius 1 is 1.14 bits per heavy atom. The van der Waals surface area contributed by atoms with Crippen LogP contribution in [-0.4, -0.2) is 63.6 Å². The van der Waals surface area contributed by atoms with Gasteiger partial charge in [-0.1, -0.05) is 18.2 Å². The minimum Gasteiger partial charge on any atom is -0.465 e. The highest BCUT2D eigenvalue weighted by atomic mass is 32.1. The number of hydrogen-bond donors (Lipinski definition) is 4. The number of anilines is 3. The summed E-state index contributed by atoms with van der Waals surface area (Å²) in [6.07, 6.45) is 4.01. The Labute approximate surface area is 284 Å². The van der Waals surface area contributed by atoms with Crippen molar-refractivity contribution in [2.24, 2.45) is 0 Å². The first-order valence-electron chi connectivity index (χ1n) is 15.7. The molecule has 2 fully saturated rings. The number of aryl methyl sites for hydroxylation is 1. The van der Waals surface area contributed by atoms with Crippen LogP contribution >= 0.6 is 11.3 Å². The van der Waals surface area contributed by atoms with E-state index in [-0.39, 0.29) is 12.1 Å². The minimum atomic E-state index is -1.22. The molecular weight excluding hydrogens is 646 g/mol. The van der Waals surface area contributed by atoms with Crippen molar-refractivity contribution in [2.45, 2.75) is 44.2 Å². The van der Waals surface area contributed by atoms with Gasteiger partial charge in [0.25, 0.3) is 11.8 Å². The van der Waals surface area contributed by atoms with E-state index in [4.69, 9.17) is 9.84 Å². The number of hydrogen-bond acceptors (Lipinski definition) is 8. The predicted molar refractivity (Wildman–Crippen MR) is 182 cm³/mol. The molecule has 4 N–H and O–H groups in total. The number of pyridine rings is 1. The monoisotopic (exact) mass is 677 g/mol. The zero-order chi connectivity index (χ0) is 34.3. The molecule has 5 amide bonds. The molecular formula is C35H31N7O6S. The molecule has 14 heteroatoms. The van der Waals surface area contributed by atoms with Gasteiger partial charge >= 0.3 is 12.1 Å². The normalized spacial score (nSPS) is 17.9. The highest BCUT2D eigenvalue weighted by molar-refractivity contribution is 7.21. The molecule has 2 aliphatic heterocycles. The number of piperidine rings is 1. The number of carbonyl (C=O) groups excluding carboxylic acids is 3. The van der Waals surface area contributed by atoms with Gasteiger partial charge in [0.2, 0.25) is 0 Å². The summed E-state index contributed by atoms with van der Waals surface area (Å²) < 4.78 is 5.97. The fraction of sp³-hybridized carbons (Fsp3) is 0.257. The lowest BCUT2D eigenvalue weighted by Crippen LogP contribution is -2.50. The molecule has 4 aromatic rings. The van der Waals surface area contributed by atoms with Crippen LogP contribution in [0.1, 0.15) is 40.9 Å². The number of ether oxygens (including phenoxy) is 1. The third kappa shape index (κ3) is 6.23. The van der Waals surface area contributed by atoms with Gasteiger partial charge in [0.15, 0.2) is 0 Å². The van der Waals surface area contributed by atoms with E-state index in [2.05, 4.69) is 20.9 Å². The predicted octanol–water partition coefficient (Wildman–Crippen LogP) is 6.05. The van der Waals surface area contributed by atoms with Crippen molar-refractivity contribution in [2.75, 3.05) is 23.3 Å². The van der Waals surface area contributed by atoms with E-state index >= 15 is 0 Å². The van der Waals surface area contributed by atoms with Crippen LogP contribution in [0.2, 0.25) is 0 Å². The van der Waals surface area contributed by atoms with Crippen molar-refractivity contribution in [3.8, 4) is 17.6 Å². The van der Waals surface area contributed by atoms with Crippen molar-refractivity contribution < 1.29 is 29.0 Å². The maximum absolute atomic E-state index is 13.7. The van der Waals surface area contributed by atoms with E-state index < -0.39 is 35.5 Å². The molecule has 3 aliphatic rings. The number of carbonyl (C=O) groups is 4. The average Bonchev–Trinajstić information content (AvgIpc) is 3.73. The lowest BCUT2D eigenvalue weighted by atomic mass is 10.0. The van der Waals surface area contributed by atoms with Crippen LogP contribution in [0.4, 0.5) is 26.7 Å². The Hall–Kier alpha value is -5.94. The van der Waals surface area contributed by atoms with Crippen LogP contribution < -0.4 is 25.6 Å². The lowest BCUT2D eigenvalue weighted by molar-refractivity contribution is -0.128. The number of amides is 5. The number of aromatic nitrogens is 1. The zero-order valence-electron chi connectivity index (χ0n) is 26.4. The van der Waals surface area contributed by atoms with Gasteiger partial charge in [-0.2, -0.15) is 5.26 Å². The average molecular weight is 678 g/mol. The maximum atomic E-state index is 13.7. The van der Waals surface area contributed by atoms with Crippen molar-refractivity contribution >= 4 is 62.6 Å². The van der Waals surface area contributed by atoms with Gasteiger partial charge in [-0.25, -0.2) is 14.6 Å². The van der Waals surface area contributed by atoms with E-state index in [0.717, 1.165) is 5.56 Å². The molecule has 2 aromatic heterocycles. The molecule has 1 unspecified atom stereocenters. The fourth-order valence-electron chi connectivity index (χ4n) is 6.32. The zero-order valence-corrected chi connectivity index (χ0v) is 27.2. The van der Waals surface area contributed by atoms with Gasteiger partial charge in [-0.15, -0.1) is 11.3 Å². The second-order valence-corrected chi connectivity index (χ2v) is 13.3. The number of carboxylic acid groups (broad SMARTS) is 1. The van der Waals surface area contributed by atoms with Crippen molar-refractivity contribution in [1.82, 2.24) is 20.5 Å². The Balaban J connectivity index is 1.10. The number of rotatable bonds is 8. The summed E-state index contributed by atoms with van der Waals surface area (Å²) in [5.41, 5.74) is 1.40. The summed E-state index contributed by atoms with van der Waals surface area (Å²) >= 11 is 1.17. The number of nitrogens with one attached hydrogen (secondary N) is 3. The smallest absolute Gasteiger partial charge is 0.405 e. The first-order chi connectivity index (χ1) is 23.6. The van der Waals surface area contributed by atoms with Gasteiger partial charge in [-0.3, -0.25) is 14.5 Å². The first kappa shape index (κ1) is 31.6. The molecule has 1 atom stereocenters. The molecule has 0 bridgehead atoms. The molecule has 248 valence electrons. The van der Waals surface area contributed by atoms with Crippen molar-refractivity contribution in [1.29, 1.82) is 5.26 Å². The summed E-state index contributed by atoms with van der Waals surface area (Å²) in [7, 11) is 0. The van der Waals surface area contributed by atoms with Gasteiger partial charge in [-0.05, 0) is 80.6 Å². The van der Waals surface area contributed by atoms with Crippen molar-refractivity contribution in [3.63, 3.8) is 0 Å². The Morgan fingerprint density at radius 3 is 2.65 bits per heavy atom. The summed E-state index contributed by atoms with van der Waals surface area (Å²) in [4.78, 5) is 60.3. The second kappa shape index (κ2) is 12.6. The Bertz CT molecular complexity index is 2080. The summed E-state index contributed by atoms with van der Waals surface area (Å²) in [5.74, 6) is 0.412. The topological polar surface area (TPSA) is 177 Å². The molecule has 2 aromatic carbocycles. The highest BCUT2D eigenvalue weighted by Crippen LogP contribution is 2.46. The van der Waals surface area contributed by atoms with Crippen LogP contribution in [0, 0.1) is 18.3 Å². The quantitative estimate of drug-likeness (QED) is 0.129. The van der Waals surface area contributed by atoms with Crippen LogP contribution in [0.25, 0.3) is 10.2 Å².